The van der Waals surface area contributed by atoms with Crippen LogP contribution in [0.2, 0.25) is 0 Å². The Morgan fingerprint density at radius 2 is 2.05 bits per heavy atom. The zero-order chi connectivity index (χ0) is 15.4. The molecule has 1 aromatic rings. The summed E-state index contributed by atoms with van der Waals surface area (Å²) in [4.78, 5) is 0. The van der Waals surface area contributed by atoms with Gasteiger partial charge in [-0.2, -0.15) is 23.5 Å². The van der Waals surface area contributed by atoms with Gasteiger partial charge in [0.15, 0.2) is 0 Å². The van der Waals surface area contributed by atoms with Gasteiger partial charge >= 0.3 is 0 Å². The lowest BCUT2D eigenvalue weighted by molar-refractivity contribution is 0.522. The third-order valence-electron chi connectivity index (χ3n) is 3.98. The maximum atomic E-state index is 13.8. The molecule has 0 saturated carbocycles. The minimum Gasteiger partial charge on any atom is -0.309 e. The predicted octanol–water partition coefficient (Wildman–Crippen LogP) is 4.80. The Morgan fingerprint density at radius 1 is 1.29 bits per heavy atom. The van der Waals surface area contributed by atoms with Gasteiger partial charge in [-0.3, -0.25) is 0 Å². The minimum atomic E-state index is -0.122. The predicted molar refractivity (Wildman–Crippen MR) is 94.9 cm³/mol. The summed E-state index contributed by atoms with van der Waals surface area (Å²) >= 11 is 4.10. The number of rotatable bonds is 5. The first-order valence-electron chi connectivity index (χ1n) is 7.78. The van der Waals surface area contributed by atoms with Crippen LogP contribution in [0.25, 0.3) is 0 Å². The molecule has 4 heteroatoms. The largest absolute Gasteiger partial charge is 0.309 e. The molecular formula is C17H26FNS2. The molecule has 0 spiro atoms. The Labute approximate surface area is 136 Å². The first-order chi connectivity index (χ1) is 10.0. The molecule has 118 valence electrons. The van der Waals surface area contributed by atoms with Crippen LogP contribution in [-0.4, -0.2) is 28.0 Å². The fourth-order valence-electron chi connectivity index (χ4n) is 2.69. The molecule has 1 N–H and O–H groups in total. The van der Waals surface area contributed by atoms with E-state index < -0.39 is 0 Å². The van der Waals surface area contributed by atoms with Gasteiger partial charge in [0.1, 0.15) is 5.82 Å². The molecule has 1 saturated heterocycles. The lowest BCUT2D eigenvalue weighted by Gasteiger charge is -2.36. The molecule has 1 aliphatic rings. The number of hydrogen-bond donors (Lipinski definition) is 1. The Hall–Kier alpha value is -0.190. The molecular weight excluding hydrogens is 301 g/mol. The number of nitrogens with one attached hydrogen (secondary N) is 1. The van der Waals surface area contributed by atoms with Crippen LogP contribution in [0.4, 0.5) is 4.39 Å². The van der Waals surface area contributed by atoms with Crippen LogP contribution >= 0.6 is 23.5 Å². The SMILES string of the molecule is CCCNC(c1cc(C)cc(F)c1)C1CSC(C)C(C)S1. The van der Waals surface area contributed by atoms with Gasteiger partial charge in [0, 0.05) is 27.5 Å². The Morgan fingerprint density at radius 3 is 2.67 bits per heavy atom. The van der Waals surface area contributed by atoms with Crippen molar-refractivity contribution in [3.63, 3.8) is 0 Å². The first-order valence-corrected chi connectivity index (χ1v) is 9.78. The summed E-state index contributed by atoms with van der Waals surface area (Å²) in [6.45, 7) is 9.73. The Bertz CT molecular complexity index is 446. The van der Waals surface area contributed by atoms with Crippen molar-refractivity contribution in [3.05, 3.63) is 35.1 Å². The standard InChI is InChI=1S/C17H26FNS2/c1-5-6-19-17(14-7-11(2)8-15(18)9-14)16-10-20-12(3)13(4)21-16/h7-9,12-13,16-17,19H,5-6,10H2,1-4H3. The van der Waals surface area contributed by atoms with Crippen molar-refractivity contribution in [2.24, 2.45) is 0 Å². The van der Waals surface area contributed by atoms with Crippen LogP contribution in [-0.2, 0) is 0 Å². The molecule has 0 radical (unpaired) electrons. The van der Waals surface area contributed by atoms with E-state index in [4.69, 9.17) is 0 Å². The summed E-state index contributed by atoms with van der Waals surface area (Å²) in [5.41, 5.74) is 2.10. The van der Waals surface area contributed by atoms with E-state index in [2.05, 4.69) is 43.9 Å². The second-order valence-electron chi connectivity index (χ2n) is 5.91. The molecule has 4 atom stereocenters. The van der Waals surface area contributed by atoms with Crippen molar-refractivity contribution < 1.29 is 4.39 Å². The van der Waals surface area contributed by atoms with E-state index in [1.165, 1.54) is 0 Å². The molecule has 0 aromatic heterocycles. The van der Waals surface area contributed by atoms with Gasteiger partial charge in [0.05, 0.1) is 0 Å². The number of thioether (sulfide) groups is 2. The second kappa shape index (κ2) is 7.89. The molecule has 1 aliphatic heterocycles. The third-order valence-corrected chi connectivity index (χ3v) is 7.48. The molecule has 0 bridgehead atoms. The van der Waals surface area contributed by atoms with Crippen LogP contribution in [0, 0.1) is 12.7 Å². The molecule has 1 nitrogen and oxygen atoms in total. The highest BCUT2D eigenvalue weighted by Crippen LogP contribution is 2.41. The fraction of sp³-hybridized carbons (Fsp3) is 0.647. The highest BCUT2D eigenvalue weighted by atomic mass is 32.2. The van der Waals surface area contributed by atoms with Crippen LogP contribution in [0.5, 0.6) is 0 Å². The summed E-state index contributed by atoms with van der Waals surface area (Å²) in [7, 11) is 0. The van der Waals surface area contributed by atoms with Crippen LogP contribution < -0.4 is 5.32 Å². The monoisotopic (exact) mass is 327 g/mol. The lowest BCUT2D eigenvalue weighted by Crippen LogP contribution is -2.37. The van der Waals surface area contributed by atoms with Crippen molar-refractivity contribution in [1.82, 2.24) is 5.32 Å². The van der Waals surface area contributed by atoms with E-state index in [1.54, 1.807) is 12.1 Å². The van der Waals surface area contributed by atoms with E-state index >= 15 is 0 Å². The zero-order valence-electron chi connectivity index (χ0n) is 13.4. The molecule has 4 unspecified atom stereocenters. The smallest absolute Gasteiger partial charge is 0.123 e. The average molecular weight is 328 g/mol. The van der Waals surface area contributed by atoms with E-state index in [0.717, 1.165) is 29.8 Å². The number of aryl methyl sites for hydroxylation is 1. The molecule has 1 aromatic carbocycles. The maximum Gasteiger partial charge on any atom is 0.123 e. The van der Waals surface area contributed by atoms with Gasteiger partial charge in [-0.1, -0.05) is 26.8 Å². The topological polar surface area (TPSA) is 12.0 Å². The van der Waals surface area contributed by atoms with Gasteiger partial charge in [0.25, 0.3) is 0 Å². The summed E-state index contributed by atoms with van der Waals surface area (Å²) < 4.78 is 13.8. The van der Waals surface area contributed by atoms with Crippen molar-refractivity contribution in [1.29, 1.82) is 0 Å². The number of benzene rings is 1. The summed E-state index contributed by atoms with van der Waals surface area (Å²) in [5.74, 6) is 1.01. The molecule has 0 amide bonds. The zero-order valence-corrected chi connectivity index (χ0v) is 15.0. The van der Waals surface area contributed by atoms with E-state index in [-0.39, 0.29) is 11.9 Å². The van der Waals surface area contributed by atoms with Gasteiger partial charge in [-0.25, -0.2) is 4.39 Å². The van der Waals surface area contributed by atoms with Gasteiger partial charge in [0.2, 0.25) is 0 Å². The lowest BCUT2D eigenvalue weighted by atomic mass is 10.0. The van der Waals surface area contributed by atoms with Crippen LogP contribution in [0.3, 0.4) is 0 Å². The summed E-state index contributed by atoms with van der Waals surface area (Å²) in [5, 5.41) is 5.50. The van der Waals surface area contributed by atoms with E-state index in [1.807, 2.05) is 18.7 Å². The molecule has 2 rings (SSSR count). The van der Waals surface area contributed by atoms with E-state index in [9.17, 15) is 4.39 Å². The van der Waals surface area contributed by atoms with Gasteiger partial charge < -0.3 is 5.32 Å². The Balaban J connectivity index is 2.21. The maximum absolute atomic E-state index is 13.8. The normalized spacial score (nSPS) is 27.6. The molecule has 21 heavy (non-hydrogen) atoms. The van der Waals surface area contributed by atoms with Crippen molar-refractivity contribution in [3.8, 4) is 0 Å². The molecule has 1 heterocycles. The fourth-order valence-corrected chi connectivity index (χ4v) is 5.81. The second-order valence-corrected chi connectivity index (χ2v) is 8.94. The highest BCUT2D eigenvalue weighted by molar-refractivity contribution is 8.07. The number of halogens is 1. The van der Waals surface area contributed by atoms with Gasteiger partial charge in [-0.05, 0) is 43.1 Å². The molecule has 1 fully saturated rings. The summed E-state index contributed by atoms with van der Waals surface area (Å²) in [6.07, 6.45) is 1.10. The van der Waals surface area contributed by atoms with Crippen LogP contribution in [0.15, 0.2) is 18.2 Å². The average Bonchev–Trinajstić information content (AvgIpc) is 2.42. The van der Waals surface area contributed by atoms with E-state index in [0.29, 0.717) is 15.7 Å². The minimum absolute atomic E-state index is 0.122. The highest BCUT2D eigenvalue weighted by Gasteiger charge is 2.32. The van der Waals surface area contributed by atoms with Crippen LogP contribution in [0.1, 0.15) is 44.4 Å². The quantitative estimate of drug-likeness (QED) is 0.834. The van der Waals surface area contributed by atoms with Crippen molar-refractivity contribution in [2.75, 3.05) is 12.3 Å². The van der Waals surface area contributed by atoms with Gasteiger partial charge in [-0.15, -0.1) is 0 Å². The van der Waals surface area contributed by atoms with Crippen molar-refractivity contribution in [2.45, 2.75) is 55.9 Å². The molecule has 0 aliphatic carbocycles. The third kappa shape index (κ3) is 4.64. The Kier molecular flexibility index (Phi) is 6.45. The first kappa shape index (κ1) is 17.2. The van der Waals surface area contributed by atoms with Crippen molar-refractivity contribution >= 4 is 23.5 Å². The number of hydrogen-bond acceptors (Lipinski definition) is 3. The summed E-state index contributed by atoms with van der Waals surface area (Å²) in [6, 6.07) is 5.68.